The molecule has 154 valence electrons. The maximum atomic E-state index is 11.2. The van der Waals surface area contributed by atoms with Crippen LogP contribution in [0.3, 0.4) is 0 Å². The number of oxazole rings is 1. The molecule has 0 saturated heterocycles. The SMILES string of the molecule is Cc1ccccc1-c1cnc(CSc2nnc(CCC(N)=O)n2Cc2ccco2)o1. The Labute approximate surface area is 177 Å². The van der Waals surface area contributed by atoms with Crippen molar-refractivity contribution in [1.29, 1.82) is 0 Å². The molecule has 3 heterocycles. The first-order chi connectivity index (χ1) is 14.6. The number of furan rings is 1. The summed E-state index contributed by atoms with van der Waals surface area (Å²) in [5, 5.41) is 9.21. The van der Waals surface area contributed by atoms with E-state index in [-0.39, 0.29) is 12.3 Å². The van der Waals surface area contributed by atoms with Crippen molar-refractivity contribution in [1.82, 2.24) is 19.7 Å². The molecule has 0 aliphatic carbocycles. The zero-order valence-electron chi connectivity index (χ0n) is 16.4. The Kier molecular flexibility index (Phi) is 5.99. The fraction of sp³-hybridized carbons (Fsp3) is 0.238. The summed E-state index contributed by atoms with van der Waals surface area (Å²) in [4.78, 5) is 15.6. The highest BCUT2D eigenvalue weighted by molar-refractivity contribution is 7.98. The summed E-state index contributed by atoms with van der Waals surface area (Å²) in [5.41, 5.74) is 7.44. The molecule has 0 saturated carbocycles. The van der Waals surface area contributed by atoms with Crippen LogP contribution in [0.2, 0.25) is 0 Å². The quantitative estimate of drug-likeness (QED) is 0.409. The summed E-state index contributed by atoms with van der Waals surface area (Å²) in [6, 6.07) is 11.7. The minimum atomic E-state index is -0.375. The number of benzene rings is 1. The average molecular weight is 423 g/mol. The molecule has 0 aliphatic heterocycles. The number of aromatic nitrogens is 4. The first-order valence-corrected chi connectivity index (χ1v) is 10.4. The van der Waals surface area contributed by atoms with Gasteiger partial charge in [0.15, 0.2) is 10.9 Å². The lowest BCUT2D eigenvalue weighted by Crippen LogP contribution is -2.14. The molecule has 1 aromatic carbocycles. The molecule has 0 radical (unpaired) electrons. The Morgan fingerprint density at radius 3 is 2.83 bits per heavy atom. The summed E-state index contributed by atoms with van der Waals surface area (Å²) in [7, 11) is 0. The van der Waals surface area contributed by atoms with Crippen LogP contribution in [0.5, 0.6) is 0 Å². The van der Waals surface area contributed by atoms with E-state index in [9.17, 15) is 4.79 Å². The van der Waals surface area contributed by atoms with E-state index < -0.39 is 0 Å². The van der Waals surface area contributed by atoms with Crippen LogP contribution in [0.4, 0.5) is 0 Å². The van der Waals surface area contributed by atoms with Gasteiger partial charge in [0.1, 0.15) is 11.6 Å². The third-order valence-corrected chi connectivity index (χ3v) is 5.52. The lowest BCUT2D eigenvalue weighted by molar-refractivity contribution is -0.118. The predicted molar refractivity (Wildman–Crippen MR) is 112 cm³/mol. The maximum Gasteiger partial charge on any atom is 0.217 e. The molecule has 0 atom stereocenters. The van der Waals surface area contributed by atoms with Crippen molar-refractivity contribution in [3.63, 3.8) is 0 Å². The minimum absolute atomic E-state index is 0.209. The normalized spacial score (nSPS) is 11.1. The van der Waals surface area contributed by atoms with Crippen molar-refractivity contribution < 1.29 is 13.6 Å². The standard InChI is InChI=1S/C21H21N5O3S/c1-14-5-2-3-7-16(14)17-11-23-20(29-17)13-30-21-25-24-19(9-8-18(22)27)26(21)12-15-6-4-10-28-15/h2-7,10-11H,8-9,12-13H2,1H3,(H2,22,27). The van der Waals surface area contributed by atoms with Crippen molar-refractivity contribution >= 4 is 17.7 Å². The number of nitrogens with two attached hydrogens (primary N) is 1. The molecule has 2 N–H and O–H groups in total. The molecule has 4 rings (SSSR count). The van der Waals surface area contributed by atoms with Crippen LogP contribution in [-0.4, -0.2) is 25.7 Å². The summed E-state index contributed by atoms with van der Waals surface area (Å²) < 4.78 is 13.3. The van der Waals surface area contributed by atoms with E-state index in [1.165, 1.54) is 11.8 Å². The molecule has 1 amide bonds. The number of carbonyl (C=O) groups is 1. The molecule has 0 unspecified atom stereocenters. The van der Waals surface area contributed by atoms with E-state index in [0.717, 1.165) is 22.6 Å². The summed E-state index contributed by atoms with van der Waals surface area (Å²) in [6.07, 6.45) is 3.99. The van der Waals surface area contributed by atoms with Gasteiger partial charge in [0.2, 0.25) is 11.8 Å². The predicted octanol–water partition coefficient (Wildman–Crippen LogP) is 3.59. The van der Waals surface area contributed by atoms with Gasteiger partial charge in [-0.15, -0.1) is 10.2 Å². The summed E-state index contributed by atoms with van der Waals surface area (Å²) in [5.74, 6) is 2.92. The molecular weight excluding hydrogens is 402 g/mol. The fourth-order valence-corrected chi connectivity index (χ4v) is 3.85. The van der Waals surface area contributed by atoms with Gasteiger partial charge in [0, 0.05) is 18.4 Å². The van der Waals surface area contributed by atoms with Gasteiger partial charge in [0.25, 0.3) is 0 Å². The molecule has 0 bridgehead atoms. The van der Waals surface area contributed by atoms with Gasteiger partial charge in [-0.1, -0.05) is 36.0 Å². The van der Waals surface area contributed by atoms with E-state index in [1.54, 1.807) is 12.5 Å². The Bertz CT molecular complexity index is 1130. The van der Waals surface area contributed by atoms with E-state index in [4.69, 9.17) is 14.6 Å². The average Bonchev–Trinajstić information content (AvgIpc) is 3.47. The van der Waals surface area contributed by atoms with Crippen LogP contribution in [0.1, 0.15) is 29.5 Å². The van der Waals surface area contributed by atoms with Crippen molar-refractivity contribution in [3.8, 4) is 11.3 Å². The molecule has 3 aromatic heterocycles. The number of nitrogens with zero attached hydrogens (tertiary/aromatic N) is 4. The number of carbonyl (C=O) groups excluding carboxylic acids is 1. The fourth-order valence-electron chi connectivity index (χ4n) is 3.04. The van der Waals surface area contributed by atoms with Gasteiger partial charge in [-0.25, -0.2) is 4.98 Å². The number of hydrogen-bond acceptors (Lipinski definition) is 7. The third-order valence-electron chi connectivity index (χ3n) is 4.57. The Hall–Kier alpha value is -3.33. The Morgan fingerprint density at radius 1 is 1.20 bits per heavy atom. The number of hydrogen-bond donors (Lipinski definition) is 1. The lowest BCUT2D eigenvalue weighted by Gasteiger charge is -2.07. The monoisotopic (exact) mass is 423 g/mol. The highest BCUT2D eigenvalue weighted by atomic mass is 32.2. The molecule has 30 heavy (non-hydrogen) atoms. The number of thioether (sulfide) groups is 1. The van der Waals surface area contributed by atoms with E-state index in [1.807, 2.05) is 47.9 Å². The van der Waals surface area contributed by atoms with Gasteiger partial charge < -0.3 is 14.6 Å². The smallest absolute Gasteiger partial charge is 0.217 e. The van der Waals surface area contributed by atoms with Gasteiger partial charge in [-0.05, 0) is 24.6 Å². The topological polar surface area (TPSA) is 113 Å². The number of rotatable bonds is 9. The van der Waals surface area contributed by atoms with Crippen molar-refractivity contribution in [3.05, 3.63) is 71.9 Å². The number of primary amides is 1. The zero-order valence-corrected chi connectivity index (χ0v) is 17.3. The van der Waals surface area contributed by atoms with Gasteiger partial charge >= 0.3 is 0 Å². The van der Waals surface area contributed by atoms with Gasteiger partial charge in [0.05, 0.1) is 24.8 Å². The molecule has 0 spiro atoms. The molecule has 9 heteroatoms. The second kappa shape index (κ2) is 9.00. The first-order valence-electron chi connectivity index (χ1n) is 9.46. The summed E-state index contributed by atoms with van der Waals surface area (Å²) in [6.45, 7) is 2.51. The number of amides is 1. The van der Waals surface area contributed by atoms with Crippen molar-refractivity contribution in [2.75, 3.05) is 0 Å². The molecule has 4 aromatic rings. The van der Waals surface area contributed by atoms with Crippen LogP contribution in [0.15, 0.2) is 62.8 Å². The highest BCUT2D eigenvalue weighted by Gasteiger charge is 2.16. The maximum absolute atomic E-state index is 11.2. The van der Waals surface area contributed by atoms with Crippen LogP contribution in [0, 0.1) is 6.92 Å². The van der Waals surface area contributed by atoms with Crippen LogP contribution in [-0.2, 0) is 23.5 Å². The van der Waals surface area contributed by atoms with E-state index in [2.05, 4.69) is 15.2 Å². The highest BCUT2D eigenvalue weighted by Crippen LogP contribution is 2.27. The molecule has 0 aliphatic rings. The van der Waals surface area contributed by atoms with E-state index in [0.29, 0.717) is 35.6 Å². The lowest BCUT2D eigenvalue weighted by atomic mass is 10.1. The second-order valence-electron chi connectivity index (χ2n) is 6.75. The van der Waals surface area contributed by atoms with Crippen molar-refractivity contribution in [2.24, 2.45) is 5.73 Å². The number of aryl methyl sites for hydroxylation is 2. The molecular formula is C21H21N5O3S. The third kappa shape index (κ3) is 4.62. The van der Waals surface area contributed by atoms with E-state index >= 15 is 0 Å². The Balaban J connectivity index is 1.50. The summed E-state index contributed by atoms with van der Waals surface area (Å²) >= 11 is 1.47. The van der Waals surface area contributed by atoms with Crippen LogP contribution in [0.25, 0.3) is 11.3 Å². The molecule has 0 fully saturated rings. The van der Waals surface area contributed by atoms with Gasteiger partial charge in [-0.3, -0.25) is 9.36 Å². The van der Waals surface area contributed by atoms with Gasteiger partial charge in [-0.2, -0.15) is 0 Å². The minimum Gasteiger partial charge on any atom is -0.467 e. The zero-order chi connectivity index (χ0) is 20.9. The first kappa shape index (κ1) is 20.0. The van der Waals surface area contributed by atoms with Crippen molar-refractivity contribution in [2.45, 2.75) is 37.2 Å². The van der Waals surface area contributed by atoms with Crippen LogP contribution < -0.4 is 5.73 Å². The Morgan fingerprint density at radius 2 is 2.07 bits per heavy atom. The largest absolute Gasteiger partial charge is 0.467 e. The van der Waals surface area contributed by atoms with Crippen LogP contribution >= 0.6 is 11.8 Å². The molecule has 8 nitrogen and oxygen atoms in total. The second-order valence-corrected chi connectivity index (χ2v) is 7.69.